The van der Waals surface area contributed by atoms with Gasteiger partial charge in [0, 0.05) is 26.2 Å². The van der Waals surface area contributed by atoms with Gasteiger partial charge in [0.05, 0.1) is 6.61 Å². The van der Waals surface area contributed by atoms with Crippen molar-refractivity contribution in [3.8, 4) is 0 Å². The van der Waals surface area contributed by atoms with Crippen LogP contribution in [-0.2, 0) is 4.74 Å². The van der Waals surface area contributed by atoms with Gasteiger partial charge in [-0.05, 0) is 20.3 Å². The lowest BCUT2D eigenvalue weighted by molar-refractivity contribution is 0.166. The number of hydrogen-bond acceptors (Lipinski definition) is 2. The van der Waals surface area contributed by atoms with Gasteiger partial charge in [-0.3, -0.25) is 4.99 Å². The van der Waals surface area contributed by atoms with Crippen molar-refractivity contribution in [2.24, 2.45) is 10.7 Å². The van der Waals surface area contributed by atoms with Crippen LogP contribution in [0.5, 0.6) is 0 Å². The first kappa shape index (κ1) is 13.2. The normalized spacial score (nSPS) is 12.2. The lowest BCUT2D eigenvalue weighted by Crippen LogP contribution is -2.44. The molecule has 0 aromatic rings. The molecule has 0 aliphatic carbocycles. The quantitative estimate of drug-likeness (QED) is 0.516. The van der Waals surface area contributed by atoms with E-state index in [-0.39, 0.29) is 0 Å². The van der Waals surface area contributed by atoms with Crippen LogP contribution < -0.4 is 5.73 Å². The lowest BCUT2D eigenvalue weighted by Gasteiger charge is -2.27. The molecule has 0 saturated carbocycles. The van der Waals surface area contributed by atoms with Gasteiger partial charge in [0.25, 0.3) is 0 Å². The van der Waals surface area contributed by atoms with Crippen molar-refractivity contribution in [3.05, 3.63) is 0 Å². The van der Waals surface area contributed by atoms with Crippen molar-refractivity contribution in [3.63, 3.8) is 0 Å². The summed E-state index contributed by atoms with van der Waals surface area (Å²) in [6.45, 7) is 8.56. The number of methoxy groups -OCH3 is 1. The second kappa shape index (κ2) is 7.62. The highest BCUT2D eigenvalue weighted by Gasteiger charge is 2.10. The van der Waals surface area contributed by atoms with Crippen LogP contribution in [0, 0.1) is 0 Å². The molecule has 4 nitrogen and oxygen atoms in total. The van der Waals surface area contributed by atoms with Crippen molar-refractivity contribution in [1.29, 1.82) is 0 Å². The van der Waals surface area contributed by atoms with Gasteiger partial charge >= 0.3 is 0 Å². The minimum atomic E-state index is 0.366. The first-order valence-electron chi connectivity index (χ1n) is 5.19. The van der Waals surface area contributed by atoms with Crippen molar-refractivity contribution in [2.45, 2.75) is 33.2 Å². The fraction of sp³-hybridized carbons (Fsp3) is 0.900. The SMILES string of the molecule is CCCN=C(N)N(CCOC)C(C)C. The first-order valence-corrected chi connectivity index (χ1v) is 5.19. The van der Waals surface area contributed by atoms with Gasteiger partial charge in [0.1, 0.15) is 0 Å². The molecule has 0 fully saturated rings. The molecule has 0 bridgehead atoms. The van der Waals surface area contributed by atoms with Gasteiger partial charge in [-0.15, -0.1) is 0 Å². The van der Waals surface area contributed by atoms with Crippen molar-refractivity contribution < 1.29 is 4.74 Å². The molecule has 0 spiro atoms. The van der Waals surface area contributed by atoms with E-state index in [0.29, 0.717) is 18.6 Å². The third-order valence-electron chi connectivity index (χ3n) is 1.95. The maximum atomic E-state index is 5.87. The van der Waals surface area contributed by atoms with Crippen LogP contribution in [0.25, 0.3) is 0 Å². The molecular formula is C10H23N3O. The van der Waals surface area contributed by atoms with E-state index < -0.39 is 0 Å². The van der Waals surface area contributed by atoms with Crippen LogP contribution in [0.15, 0.2) is 4.99 Å². The van der Waals surface area contributed by atoms with Crippen LogP contribution in [0.2, 0.25) is 0 Å². The van der Waals surface area contributed by atoms with Gasteiger partial charge in [0.15, 0.2) is 5.96 Å². The molecule has 14 heavy (non-hydrogen) atoms. The fourth-order valence-corrected chi connectivity index (χ4v) is 1.14. The van der Waals surface area contributed by atoms with Crippen LogP contribution in [0.4, 0.5) is 0 Å². The van der Waals surface area contributed by atoms with Crippen LogP contribution in [-0.4, -0.2) is 43.7 Å². The van der Waals surface area contributed by atoms with E-state index in [2.05, 4.69) is 30.7 Å². The molecule has 0 atom stereocenters. The van der Waals surface area contributed by atoms with E-state index in [1.54, 1.807) is 7.11 Å². The third-order valence-corrected chi connectivity index (χ3v) is 1.95. The Morgan fingerprint density at radius 1 is 1.50 bits per heavy atom. The summed E-state index contributed by atoms with van der Waals surface area (Å²) in [7, 11) is 1.69. The summed E-state index contributed by atoms with van der Waals surface area (Å²) in [5, 5.41) is 0. The smallest absolute Gasteiger partial charge is 0.191 e. The van der Waals surface area contributed by atoms with E-state index in [1.165, 1.54) is 0 Å². The summed E-state index contributed by atoms with van der Waals surface area (Å²) in [4.78, 5) is 6.34. The summed E-state index contributed by atoms with van der Waals surface area (Å²) in [5.74, 6) is 0.624. The summed E-state index contributed by atoms with van der Waals surface area (Å²) < 4.78 is 5.02. The number of hydrogen-bond donors (Lipinski definition) is 1. The molecule has 0 radical (unpaired) electrons. The van der Waals surface area contributed by atoms with Gasteiger partial charge in [0.2, 0.25) is 0 Å². The monoisotopic (exact) mass is 201 g/mol. The van der Waals surface area contributed by atoms with Gasteiger partial charge in [-0.2, -0.15) is 0 Å². The van der Waals surface area contributed by atoms with Gasteiger partial charge < -0.3 is 15.4 Å². The van der Waals surface area contributed by atoms with E-state index in [1.807, 2.05) is 0 Å². The number of aliphatic imine (C=N–C) groups is 1. The zero-order chi connectivity index (χ0) is 11.0. The zero-order valence-corrected chi connectivity index (χ0v) is 9.79. The van der Waals surface area contributed by atoms with Gasteiger partial charge in [-0.1, -0.05) is 6.92 Å². The topological polar surface area (TPSA) is 50.8 Å². The van der Waals surface area contributed by atoms with Crippen LogP contribution in [0.1, 0.15) is 27.2 Å². The molecule has 84 valence electrons. The summed E-state index contributed by atoms with van der Waals surface area (Å²) in [6.07, 6.45) is 1.02. The Morgan fingerprint density at radius 2 is 2.14 bits per heavy atom. The number of nitrogens with two attached hydrogens (primary N) is 1. The van der Waals surface area contributed by atoms with Crippen LogP contribution >= 0.6 is 0 Å². The van der Waals surface area contributed by atoms with E-state index in [9.17, 15) is 0 Å². The third kappa shape index (κ3) is 5.07. The van der Waals surface area contributed by atoms with E-state index in [0.717, 1.165) is 19.5 Å². The molecule has 2 N–H and O–H groups in total. The molecule has 0 heterocycles. The standard InChI is InChI=1S/C10H23N3O/c1-5-6-12-10(11)13(9(2)3)7-8-14-4/h9H,5-8H2,1-4H3,(H2,11,12). The molecule has 0 aromatic heterocycles. The molecule has 0 saturated heterocycles. The van der Waals surface area contributed by atoms with Crippen molar-refractivity contribution in [2.75, 3.05) is 26.8 Å². The van der Waals surface area contributed by atoms with Gasteiger partial charge in [-0.25, -0.2) is 0 Å². The minimum absolute atomic E-state index is 0.366. The second-order valence-electron chi connectivity index (χ2n) is 3.52. The lowest BCUT2D eigenvalue weighted by atomic mass is 10.3. The molecule has 0 amide bonds. The maximum Gasteiger partial charge on any atom is 0.191 e. The molecule has 4 heteroatoms. The molecule has 0 rings (SSSR count). The highest BCUT2D eigenvalue weighted by molar-refractivity contribution is 5.78. The van der Waals surface area contributed by atoms with E-state index in [4.69, 9.17) is 10.5 Å². The Hall–Kier alpha value is -0.770. The predicted molar refractivity (Wildman–Crippen MR) is 60.5 cm³/mol. The summed E-state index contributed by atoms with van der Waals surface area (Å²) >= 11 is 0. The number of nitrogens with zero attached hydrogens (tertiary/aromatic N) is 2. The number of guanidine groups is 1. The predicted octanol–water partition coefficient (Wildman–Crippen LogP) is 1.07. The van der Waals surface area contributed by atoms with Crippen molar-refractivity contribution >= 4 is 5.96 Å². The van der Waals surface area contributed by atoms with E-state index >= 15 is 0 Å². The first-order chi connectivity index (χ1) is 6.63. The average Bonchev–Trinajstić information content (AvgIpc) is 2.14. The largest absolute Gasteiger partial charge is 0.383 e. The molecule has 0 unspecified atom stereocenters. The average molecular weight is 201 g/mol. The Labute approximate surface area is 87.1 Å². The van der Waals surface area contributed by atoms with Crippen LogP contribution in [0.3, 0.4) is 0 Å². The highest BCUT2D eigenvalue weighted by Crippen LogP contribution is 1.97. The summed E-state index contributed by atoms with van der Waals surface area (Å²) in [6, 6.07) is 0.366. The molecule has 0 aliphatic rings. The Balaban J connectivity index is 4.17. The Morgan fingerprint density at radius 3 is 2.57 bits per heavy atom. The Kier molecular flexibility index (Phi) is 7.20. The number of ether oxygens (including phenoxy) is 1. The Bertz CT molecular complexity index is 169. The second-order valence-corrected chi connectivity index (χ2v) is 3.52. The molecule has 0 aromatic carbocycles. The van der Waals surface area contributed by atoms with Crippen molar-refractivity contribution in [1.82, 2.24) is 4.90 Å². The molecule has 0 aliphatic heterocycles. The zero-order valence-electron chi connectivity index (χ0n) is 9.79. The fourth-order valence-electron chi connectivity index (χ4n) is 1.14. The minimum Gasteiger partial charge on any atom is -0.383 e. The highest BCUT2D eigenvalue weighted by atomic mass is 16.5. The number of rotatable bonds is 6. The summed E-state index contributed by atoms with van der Waals surface area (Å²) in [5.41, 5.74) is 5.87. The molecular weight excluding hydrogens is 178 g/mol. The maximum absolute atomic E-state index is 5.87.